The van der Waals surface area contributed by atoms with Gasteiger partial charge in [0.1, 0.15) is 11.4 Å². The number of hydrazone groups is 2. The molecular formula is C11H2Cl8N4O. The third-order valence-electron chi connectivity index (χ3n) is 2.53. The third kappa shape index (κ3) is 3.84. The number of hydrogen-bond acceptors (Lipinski definition) is 3. The van der Waals surface area contributed by atoms with Gasteiger partial charge in [0, 0.05) is 0 Å². The molecule has 5 nitrogen and oxygen atoms in total. The second kappa shape index (κ2) is 8.06. The maximum absolute atomic E-state index is 11.7. The van der Waals surface area contributed by atoms with Gasteiger partial charge in [0.2, 0.25) is 0 Å². The molecule has 0 unspecified atom stereocenters. The number of rotatable bonds is 2. The van der Waals surface area contributed by atoms with Crippen LogP contribution in [0.4, 0.5) is 4.79 Å². The van der Waals surface area contributed by atoms with E-state index in [1.807, 2.05) is 0 Å². The van der Waals surface area contributed by atoms with E-state index in [4.69, 9.17) is 92.8 Å². The monoisotopic (exact) mass is 486 g/mol. The molecule has 2 amide bonds. The summed E-state index contributed by atoms with van der Waals surface area (Å²) in [6.07, 6.45) is 0. The van der Waals surface area contributed by atoms with Crippen molar-refractivity contribution in [2.24, 2.45) is 10.2 Å². The number of allylic oxidation sites excluding steroid dienone is 8. The zero-order valence-corrected chi connectivity index (χ0v) is 16.9. The minimum absolute atomic E-state index is 0.000974. The van der Waals surface area contributed by atoms with Crippen LogP contribution in [0.5, 0.6) is 0 Å². The Bertz CT molecular complexity index is 702. The highest BCUT2D eigenvalue weighted by molar-refractivity contribution is 6.67. The summed E-state index contributed by atoms with van der Waals surface area (Å²) in [4.78, 5) is 11.7. The van der Waals surface area contributed by atoms with E-state index in [2.05, 4.69) is 21.1 Å². The number of hydrogen-bond donors (Lipinski definition) is 2. The summed E-state index contributed by atoms with van der Waals surface area (Å²) in [6, 6.07) is -0.851. The van der Waals surface area contributed by atoms with Gasteiger partial charge in [-0.15, -0.1) is 0 Å². The molecule has 13 heteroatoms. The minimum atomic E-state index is -0.851. The molecule has 0 bridgehead atoms. The van der Waals surface area contributed by atoms with Crippen molar-refractivity contribution >= 4 is 110 Å². The van der Waals surface area contributed by atoms with E-state index in [0.717, 1.165) is 0 Å². The van der Waals surface area contributed by atoms with Gasteiger partial charge in [-0.1, -0.05) is 92.8 Å². The van der Waals surface area contributed by atoms with Gasteiger partial charge in [-0.3, -0.25) is 0 Å². The van der Waals surface area contributed by atoms with Crippen molar-refractivity contribution < 1.29 is 4.79 Å². The highest BCUT2D eigenvalue weighted by Gasteiger charge is 2.28. The van der Waals surface area contributed by atoms with E-state index < -0.39 is 6.03 Å². The molecule has 0 fully saturated rings. The lowest BCUT2D eigenvalue weighted by Gasteiger charge is -2.03. The average Bonchev–Trinajstić information content (AvgIpc) is 2.85. The van der Waals surface area contributed by atoms with Gasteiger partial charge in [-0.25, -0.2) is 15.6 Å². The van der Waals surface area contributed by atoms with Crippen molar-refractivity contribution in [3.8, 4) is 0 Å². The van der Waals surface area contributed by atoms with Crippen LogP contribution in [0.25, 0.3) is 0 Å². The van der Waals surface area contributed by atoms with E-state index >= 15 is 0 Å². The first-order valence-corrected chi connectivity index (χ1v) is 8.63. The van der Waals surface area contributed by atoms with Gasteiger partial charge in [-0.2, -0.15) is 10.2 Å². The molecule has 0 aromatic carbocycles. The molecule has 2 aliphatic rings. The summed E-state index contributed by atoms with van der Waals surface area (Å²) in [7, 11) is 0. The summed E-state index contributed by atoms with van der Waals surface area (Å²) in [5, 5.41) is 7.44. The van der Waals surface area contributed by atoms with E-state index in [1.54, 1.807) is 0 Å². The van der Waals surface area contributed by atoms with Crippen LogP contribution in [0.15, 0.2) is 50.5 Å². The average molecular weight is 490 g/mol. The van der Waals surface area contributed by atoms with E-state index in [0.29, 0.717) is 0 Å². The molecule has 0 radical (unpaired) electrons. The van der Waals surface area contributed by atoms with Crippen molar-refractivity contribution in [2.45, 2.75) is 0 Å². The molecule has 2 rings (SSSR count). The Morgan fingerprint density at radius 2 is 0.792 bits per heavy atom. The van der Waals surface area contributed by atoms with Crippen LogP contribution in [0.1, 0.15) is 0 Å². The molecule has 0 saturated carbocycles. The zero-order chi connectivity index (χ0) is 18.2. The highest BCUT2D eigenvalue weighted by atomic mass is 35.5. The van der Waals surface area contributed by atoms with Gasteiger partial charge in [-0.05, 0) is 0 Å². The molecule has 128 valence electrons. The Balaban J connectivity index is 2.09. The SMILES string of the molecule is O=C(NN=C1C(Cl)=C(Cl)C(Cl)=C1Cl)NN=C1C(Cl)=C(Cl)C(Cl)=C1Cl. The van der Waals surface area contributed by atoms with Crippen molar-refractivity contribution in [1.29, 1.82) is 0 Å². The molecule has 0 atom stereocenters. The fourth-order valence-electron chi connectivity index (χ4n) is 1.43. The van der Waals surface area contributed by atoms with Crippen LogP contribution in [-0.2, 0) is 0 Å². The van der Waals surface area contributed by atoms with Gasteiger partial charge in [0.05, 0.1) is 40.3 Å². The first-order valence-electron chi connectivity index (χ1n) is 5.61. The molecule has 2 N–H and O–H groups in total. The van der Waals surface area contributed by atoms with Crippen LogP contribution < -0.4 is 10.9 Å². The van der Waals surface area contributed by atoms with Crippen LogP contribution in [0, 0.1) is 0 Å². The summed E-state index contributed by atoms with van der Waals surface area (Å²) in [5.74, 6) is 0. The normalized spacial score (nSPS) is 18.2. The van der Waals surface area contributed by atoms with Gasteiger partial charge < -0.3 is 0 Å². The Labute approximate surface area is 175 Å². The summed E-state index contributed by atoms with van der Waals surface area (Å²) in [6.45, 7) is 0. The molecule has 0 spiro atoms. The van der Waals surface area contributed by atoms with Crippen LogP contribution in [0.2, 0.25) is 0 Å². The predicted molar refractivity (Wildman–Crippen MR) is 101 cm³/mol. The number of urea groups is 1. The van der Waals surface area contributed by atoms with Crippen LogP contribution in [0.3, 0.4) is 0 Å². The molecule has 0 heterocycles. The summed E-state index contributed by atoms with van der Waals surface area (Å²) < 4.78 is 0. The Morgan fingerprint density at radius 3 is 1.04 bits per heavy atom. The number of halogens is 8. The van der Waals surface area contributed by atoms with Gasteiger partial charge >= 0.3 is 6.03 Å². The summed E-state index contributed by atoms with van der Waals surface area (Å²) in [5.41, 5.74) is 4.19. The van der Waals surface area contributed by atoms with Crippen molar-refractivity contribution in [3.05, 3.63) is 40.3 Å². The molecular weight excluding hydrogens is 488 g/mol. The van der Waals surface area contributed by atoms with Gasteiger partial charge in [0.25, 0.3) is 0 Å². The predicted octanol–water partition coefficient (Wildman–Crippen LogP) is 5.78. The van der Waals surface area contributed by atoms with Crippen molar-refractivity contribution in [3.63, 3.8) is 0 Å². The number of nitrogens with zero attached hydrogens (tertiary/aromatic N) is 2. The lowest BCUT2D eigenvalue weighted by atomic mass is 10.4. The fourth-order valence-corrected chi connectivity index (χ4v) is 3.38. The largest absolute Gasteiger partial charge is 0.355 e. The lowest BCUT2D eigenvalue weighted by Crippen LogP contribution is -2.30. The fraction of sp³-hybridized carbons (Fsp3) is 0. The Kier molecular flexibility index (Phi) is 6.79. The first kappa shape index (κ1) is 20.2. The second-order valence-corrected chi connectivity index (χ2v) is 7.01. The van der Waals surface area contributed by atoms with E-state index in [-0.39, 0.29) is 51.7 Å². The molecule has 0 aromatic rings. The maximum atomic E-state index is 11.7. The Hall–Kier alpha value is -0.110. The molecule has 0 aromatic heterocycles. The quantitative estimate of drug-likeness (QED) is 0.474. The maximum Gasteiger partial charge on any atom is 0.355 e. The number of carbonyl (C=O) groups excluding carboxylic acids is 1. The van der Waals surface area contributed by atoms with Crippen LogP contribution >= 0.6 is 92.8 Å². The molecule has 0 saturated heterocycles. The van der Waals surface area contributed by atoms with Gasteiger partial charge in [0.15, 0.2) is 0 Å². The smallest absolute Gasteiger partial charge is 0.245 e. The molecule has 2 aliphatic carbocycles. The van der Waals surface area contributed by atoms with Crippen molar-refractivity contribution in [2.75, 3.05) is 0 Å². The second-order valence-electron chi connectivity index (χ2n) is 3.99. The van der Waals surface area contributed by atoms with Crippen LogP contribution in [-0.4, -0.2) is 17.5 Å². The topological polar surface area (TPSA) is 65.8 Å². The Morgan fingerprint density at radius 1 is 0.542 bits per heavy atom. The molecule has 0 aliphatic heterocycles. The number of nitrogens with one attached hydrogen (secondary N) is 2. The van der Waals surface area contributed by atoms with E-state index in [1.165, 1.54) is 0 Å². The van der Waals surface area contributed by atoms with Crippen molar-refractivity contribution in [1.82, 2.24) is 10.9 Å². The van der Waals surface area contributed by atoms with E-state index in [9.17, 15) is 4.79 Å². The lowest BCUT2D eigenvalue weighted by molar-refractivity contribution is 0.242. The highest BCUT2D eigenvalue weighted by Crippen LogP contribution is 2.40. The first-order chi connectivity index (χ1) is 11.2. The summed E-state index contributed by atoms with van der Waals surface area (Å²) >= 11 is 46.7. The third-order valence-corrected chi connectivity index (χ3v) is 6.09. The number of amides is 2. The minimum Gasteiger partial charge on any atom is -0.245 e. The standard InChI is InChI=1S/C11H2Cl8N4O/c12-1-2(13)6(17)9(5(1)16)20-22-11(24)23-21-10-7(18)3(14)4(15)8(10)19/h(H2,22,23,24). The zero-order valence-electron chi connectivity index (χ0n) is 10.8. The molecule has 24 heavy (non-hydrogen) atoms. The number of carbonyl (C=O) groups is 1.